The number of fused-ring (bicyclic) bond motifs is 3. The molecule has 0 amide bonds. The quantitative estimate of drug-likeness (QED) is 0.478. The predicted octanol–water partition coefficient (Wildman–Crippen LogP) is 1.28. The van der Waals surface area contributed by atoms with Gasteiger partial charge in [0.05, 0.1) is 17.4 Å². The lowest BCUT2D eigenvalue weighted by Gasteiger charge is -2.03. The molecule has 0 aliphatic heterocycles. The summed E-state index contributed by atoms with van der Waals surface area (Å²) in [5.41, 5.74) is 8.13. The lowest BCUT2D eigenvalue weighted by atomic mass is 10.3. The van der Waals surface area contributed by atoms with Crippen molar-refractivity contribution in [1.29, 1.82) is 0 Å². The highest BCUT2D eigenvalue weighted by Crippen LogP contribution is 2.31. The first kappa shape index (κ1) is 15.8. The van der Waals surface area contributed by atoms with Crippen molar-refractivity contribution in [2.45, 2.75) is 13.0 Å². The fourth-order valence-corrected chi connectivity index (χ4v) is 4.24. The second kappa shape index (κ2) is 5.77. The van der Waals surface area contributed by atoms with Crippen LogP contribution in [0, 0.1) is 0 Å². The number of anilines is 1. The lowest BCUT2D eigenvalue weighted by Crippen LogP contribution is -2.24. The van der Waals surface area contributed by atoms with Gasteiger partial charge in [-0.3, -0.25) is 9.89 Å². The molecule has 0 radical (unpaired) electrons. The third-order valence-electron chi connectivity index (χ3n) is 4.35. The van der Waals surface area contributed by atoms with Gasteiger partial charge in [0.15, 0.2) is 5.65 Å². The van der Waals surface area contributed by atoms with Gasteiger partial charge >= 0.3 is 0 Å². The van der Waals surface area contributed by atoms with E-state index in [2.05, 4.69) is 20.3 Å². The third kappa shape index (κ3) is 2.51. The number of H-pyrrole nitrogens is 1. The second-order valence-electron chi connectivity index (χ2n) is 6.12. The predicted molar refractivity (Wildman–Crippen MR) is 99.6 cm³/mol. The van der Waals surface area contributed by atoms with Gasteiger partial charge in [0.1, 0.15) is 22.5 Å². The van der Waals surface area contributed by atoms with E-state index in [9.17, 15) is 4.79 Å². The summed E-state index contributed by atoms with van der Waals surface area (Å²) in [7, 11) is 1.84. The van der Waals surface area contributed by atoms with Crippen LogP contribution in [-0.4, -0.2) is 34.5 Å². The molecular weight excluding hydrogens is 368 g/mol. The first-order valence-corrected chi connectivity index (χ1v) is 8.94. The maximum absolute atomic E-state index is 12.9. The Morgan fingerprint density at radius 2 is 2.26 bits per heavy atom. The van der Waals surface area contributed by atoms with Crippen molar-refractivity contribution in [3.8, 4) is 0 Å². The first-order chi connectivity index (χ1) is 13.1. The number of nitrogens with two attached hydrogens (primary N) is 1. The summed E-state index contributed by atoms with van der Waals surface area (Å²) in [6.07, 6.45) is 5.49. The summed E-state index contributed by atoms with van der Waals surface area (Å²) >= 11 is 1.56. The summed E-state index contributed by atoms with van der Waals surface area (Å²) in [4.78, 5) is 21.6. The molecule has 0 unspecified atom stereocenters. The van der Waals surface area contributed by atoms with Crippen LogP contribution in [0.1, 0.15) is 16.4 Å². The number of nitrogens with zero attached hydrogens (tertiary/aromatic N) is 6. The molecule has 0 saturated heterocycles. The maximum Gasteiger partial charge on any atom is 0.292 e. The Bertz CT molecular complexity index is 1320. The highest BCUT2D eigenvalue weighted by atomic mass is 32.1. The summed E-state index contributed by atoms with van der Waals surface area (Å²) < 4.78 is 9.09. The van der Waals surface area contributed by atoms with Crippen molar-refractivity contribution in [3.05, 3.63) is 51.5 Å². The van der Waals surface area contributed by atoms with E-state index >= 15 is 0 Å². The Balaban J connectivity index is 1.60. The van der Waals surface area contributed by atoms with Gasteiger partial charge in [-0.05, 0) is 6.07 Å². The zero-order chi connectivity index (χ0) is 18.5. The first-order valence-electron chi connectivity index (χ1n) is 8.12. The largest absolute Gasteiger partial charge is 0.432 e. The van der Waals surface area contributed by atoms with Crippen LogP contribution in [0.15, 0.2) is 33.9 Å². The highest BCUT2D eigenvalue weighted by Gasteiger charge is 2.19. The molecular formula is C16H14N8O2S. The van der Waals surface area contributed by atoms with Crippen molar-refractivity contribution in [3.63, 3.8) is 0 Å². The molecule has 136 valence electrons. The summed E-state index contributed by atoms with van der Waals surface area (Å²) in [6, 6.07) is 1.98. The van der Waals surface area contributed by atoms with Crippen molar-refractivity contribution < 1.29 is 4.42 Å². The summed E-state index contributed by atoms with van der Waals surface area (Å²) in [5.74, 6) is 0. The average Bonchev–Trinajstić information content (AvgIpc) is 3.40. The SMILES string of the molecule is Cn1c2nc(Cc3ccn[nH]3)sc2c2cnn(Cc3coc(N)n3)c(=O)c21. The normalized spacial score (nSPS) is 11.7. The fourth-order valence-electron chi connectivity index (χ4n) is 3.12. The summed E-state index contributed by atoms with van der Waals surface area (Å²) in [5, 5.41) is 12.9. The second-order valence-corrected chi connectivity index (χ2v) is 7.21. The fraction of sp³-hybridized carbons (Fsp3) is 0.188. The molecule has 3 N–H and O–H groups in total. The Morgan fingerprint density at radius 1 is 1.37 bits per heavy atom. The zero-order valence-electron chi connectivity index (χ0n) is 14.2. The zero-order valence-corrected chi connectivity index (χ0v) is 15.0. The number of rotatable bonds is 4. The lowest BCUT2D eigenvalue weighted by molar-refractivity contribution is 0.572. The monoisotopic (exact) mass is 382 g/mol. The van der Waals surface area contributed by atoms with Crippen molar-refractivity contribution >= 4 is 38.6 Å². The third-order valence-corrected chi connectivity index (χ3v) is 5.43. The molecule has 0 aliphatic rings. The molecule has 10 nitrogen and oxygen atoms in total. The molecule has 0 fully saturated rings. The van der Waals surface area contributed by atoms with Crippen LogP contribution in [0.3, 0.4) is 0 Å². The molecule has 0 saturated carbocycles. The smallest absolute Gasteiger partial charge is 0.292 e. The molecule has 27 heavy (non-hydrogen) atoms. The van der Waals surface area contributed by atoms with Gasteiger partial charge < -0.3 is 14.7 Å². The number of hydrogen-bond donors (Lipinski definition) is 2. The van der Waals surface area contributed by atoms with E-state index in [4.69, 9.17) is 15.1 Å². The van der Waals surface area contributed by atoms with Gasteiger partial charge in [-0.15, -0.1) is 11.3 Å². The average molecular weight is 382 g/mol. The molecule has 5 aromatic rings. The molecule has 0 aliphatic carbocycles. The number of aryl methyl sites for hydroxylation is 1. The van der Waals surface area contributed by atoms with Crippen molar-refractivity contribution in [1.82, 2.24) is 34.5 Å². The molecule has 0 atom stereocenters. The molecule has 0 bridgehead atoms. The minimum absolute atomic E-state index is 0.0625. The number of nitrogen functional groups attached to an aromatic ring is 1. The van der Waals surface area contributed by atoms with Crippen LogP contribution in [-0.2, 0) is 20.0 Å². The number of nitrogens with one attached hydrogen (secondary N) is 1. The molecule has 0 spiro atoms. The summed E-state index contributed by atoms with van der Waals surface area (Å²) in [6.45, 7) is 0.187. The van der Waals surface area contributed by atoms with Crippen LogP contribution >= 0.6 is 11.3 Å². The number of thiazole rings is 1. The molecule has 11 heteroatoms. The van der Waals surface area contributed by atoms with Crippen LogP contribution in [0.2, 0.25) is 0 Å². The number of aromatic amines is 1. The van der Waals surface area contributed by atoms with Crippen molar-refractivity contribution in [2.24, 2.45) is 7.05 Å². The minimum Gasteiger partial charge on any atom is -0.432 e. The molecule has 5 aromatic heterocycles. The molecule has 5 heterocycles. The van der Waals surface area contributed by atoms with Gasteiger partial charge in [-0.1, -0.05) is 0 Å². The number of oxazole rings is 1. The Kier molecular flexibility index (Phi) is 3.37. The van der Waals surface area contributed by atoms with Gasteiger partial charge in [-0.2, -0.15) is 15.2 Å². The Morgan fingerprint density at radius 3 is 3.00 bits per heavy atom. The van der Waals surface area contributed by atoms with Crippen LogP contribution < -0.4 is 11.3 Å². The van der Waals surface area contributed by atoms with Crippen LogP contribution in [0.5, 0.6) is 0 Å². The van der Waals surface area contributed by atoms with E-state index in [1.54, 1.807) is 23.7 Å². The van der Waals surface area contributed by atoms with Gasteiger partial charge in [0.2, 0.25) is 0 Å². The molecule has 0 aromatic carbocycles. The van der Waals surface area contributed by atoms with Gasteiger partial charge in [-0.25, -0.2) is 9.67 Å². The van der Waals surface area contributed by atoms with Crippen LogP contribution in [0.4, 0.5) is 6.01 Å². The number of aromatic nitrogens is 7. The Labute approximate surface area is 155 Å². The van der Waals surface area contributed by atoms with Gasteiger partial charge in [0.25, 0.3) is 11.6 Å². The Hall–Kier alpha value is -3.47. The highest BCUT2D eigenvalue weighted by molar-refractivity contribution is 7.19. The van der Waals surface area contributed by atoms with E-state index in [1.807, 2.05) is 17.7 Å². The topological polar surface area (TPSA) is 133 Å². The van der Waals surface area contributed by atoms with Crippen LogP contribution in [0.25, 0.3) is 21.3 Å². The van der Waals surface area contributed by atoms with E-state index in [0.29, 0.717) is 17.6 Å². The number of hydrogen-bond acceptors (Lipinski definition) is 8. The standard InChI is InChI=1S/C16H14N8O2S/c1-23-12-10(5-19-24(15(12)25)6-9-7-26-16(17)20-9)13-14(23)21-11(27-13)4-8-2-3-18-22-8/h2-3,5,7H,4,6H2,1H3,(H2,17,20)(H,18,22). The minimum atomic E-state index is -0.211. The van der Waals surface area contributed by atoms with E-state index in [1.165, 1.54) is 10.9 Å². The molecule has 5 rings (SSSR count). The van der Waals surface area contributed by atoms with E-state index < -0.39 is 0 Å². The van der Waals surface area contributed by atoms with Gasteiger partial charge in [0, 0.05) is 30.7 Å². The van der Waals surface area contributed by atoms with E-state index in [0.717, 1.165) is 26.4 Å². The maximum atomic E-state index is 12.9. The van der Waals surface area contributed by atoms with Crippen molar-refractivity contribution in [2.75, 3.05) is 5.73 Å². The van der Waals surface area contributed by atoms with E-state index in [-0.39, 0.29) is 18.1 Å².